The van der Waals surface area contributed by atoms with Gasteiger partial charge in [-0.15, -0.1) is 41.0 Å². The maximum absolute atomic E-state index is 5.91. The molecule has 1 aliphatic rings. The Bertz CT molecular complexity index is 1170. The van der Waals surface area contributed by atoms with Crippen LogP contribution in [-0.4, -0.2) is 7.11 Å². The SMILES string of the molecule is CCCCC1=[C-]CC=C1.COc1c(C(C)(C)C)cc(-c2cccc3[cH-]c(C)cc23)cc1C(C)(C)C.[Zr+2]. The van der Waals surface area contributed by atoms with Gasteiger partial charge in [-0.2, -0.15) is 12.1 Å². The van der Waals surface area contributed by atoms with Gasteiger partial charge in [-0.05, 0) is 28.5 Å². The van der Waals surface area contributed by atoms with Crippen molar-refractivity contribution >= 4 is 10.8 Å². The first kappa shape index (κ1) is 30.4. The summed E-state index contributed by atoms with van der Waals surface area (Å²) in [6.07, 6.45) is 12.5. The van der Waals surface area contributed by atoms with E-state index in [4.69, 9.17) is 4.74 Å². The van der Waals surface area contributed by atoms with Gasteiger partial charge in [0.2, 0.25) is 0 Å². The van der Waals surface area contributed by atoms with Crippen LogP contribution in [0.2, 0.25) is 0 Å². The molecule has 0 saturated heterocycles. The van der Waals surface area contributed by atoms with Crippen molar-refractivity contribution in [3.63, 3.8) is 0 Å². The van der Waals surface area contributed by atoms with E-state index in [9.17, 15) is 0 Å². The van der Waals surface area contributed by atoms with Crippen molar-refractivity contribution in [1.82, 2.24) is 0 Å². The average molecular weight is 560 g/mol. The number of hydrogen-bond donors (Lipinski definition) is 0. The molecule has 0 aromatic heterocycles. The molecule has 1 nitrogen and oxygen atoms in total. The molecule has 0 aliphatic heterocycles. The Labute approximate surface area is 239 Å². The molecule has 2 heteroatoms. The second-order valence-corrected chi connectivity index (χ2v) is 11.9. The number of allylic oxidation sites excluding steroid dienone is 4. The molecule has 36 heavy (non-hydrogen) atoms. The summed E-state index contributed by atoms with van der Waals surface area (Å²) < 4.78 is 5.91. The first-order valence-electron chi connectivity index (χ1n) is 13.1. The van der Waals surface area contributed by atoms with Crippen molar-refractivity contribution in [3.05, 3.63) is 83.0 Å². The number of unbranched alkanes of at least 4 members (excludes halogenated alkanes) is 1. The van der Waals surface area contributed by atoms with Gasteiger partial charge in [0.15, 0.2) is 0 Å². The van der Waals surface area contributed by atoms with Crippen LogP contribution in [0.3, 0.4) is 0 Å². The van der Waals surface area contributed by atoms with Gasteiger partial charge >= 0.3 is 26.2 Å². The summed E-state index contributed by atoms with van der Waals surface area (Å²) in [6, 6.07) is 15.8. The van der Waals surface area contributed by atoms with Gasteiger partial charge in [-0.25, -0.2) is 11.6 Å². The maximum Gasteiger partial charge on any atom is 2.00 e. The molecule has 3 aromatic rings. The Balaban J connectivity index is 0.000000386. The number of fused-ring (bicyclic) bond motifs is 1. The van der Waals surface area contributed by atoms with Gasteiger partial charge in [-0.1, -0.05) is 86.3 Å². The number of benzene rings is 2. The number of aryl methyl sites for hydroxylation is 1. The molecule has 0 amide bonds. The number of methoxy groups -OCH3 is 1. The van der Waals surface area contributed by atoms with Crippen LogP contribution in [0.1, 0.15) is 90.8 Å². The smallest absolute Gasteiger partial charge is 0.496 e. The van der Waals surface area contributed by atoms with E-state index in [2.05, 4.69) is 116 Å². The van der Waals surface area contributed by atoms with Crippen molar-refractivity contribution < 1.29 is 30.9 Å². The third-order valence-electron chi connectivity index (χ3n) is 6.68. The minimum Gasteiger partial charge on any atom is -0.496 e. The number of ether oxygens (including phenoxy) is 1. The van der Waals surface area contributed by atoms with Crippen LogP contribution in [0, 0.1) is 13.0 Å². The fourth-order valence-corrected chi connectivity index (χ4v) is 4.74. The molecule has 0 heterocycles. The van der Waals surface area contributed by atoms with E-state index in [0.29, 0.717) is 0 Å². The molecule has 0 atom stereocenters. The Morgan fingerprint density at radius 3 is 2.11 bits per heavy atom. The fraction of sp³-hybridized carbons (Fsp3) is 0.441. The van der Waals surface area contributed by atoms with Gasteiger partial charge in [0.25, 0.3) is 0 Å². The fourth-order valence-electron chi connectivity index (χ4n) is 4.74. The second-order valence-electron chi connectivity index (χ2n) is 11.9. The Morgan fingerprint density at radius 2 is 1.61 bits per heavy atom. The average Bonchev–Trinajstić information content (AvgIpc) is 3.44. The van der Waals surface area contributed by atoms with E-state index >= 15 is 0 Å². The van der Waals surface area contributed by atoms with E-state index in [-0.39, 0.29) is 37.0 Å². The van der Waals surface area contributed by atoms with E-state index in [1.807, 2.05) is 0 Å². The summed E-state index contributed by atoms with van der Waals surface area (Å²) in [5.41, 5.74) is 7.86. The first-order valence-corrected chi connectivity index (χ1v) is 13.1. The standard InChI is InChI=1S/C25H31O.C9H13.Zr/c1-16-12-17-10-9-11-19(20(17)13-16)18-14-21(24(2,3)4)23(26-8)22(15-18)25(5,6)7;1-2-3-6-9-7-4-5-8-9;/h9-15H,1-8H3;4,7H,2-3,5-6H2,1H3;/q2*-1;+2. The van der Waals surface area contributed by atoms with E-state index in [0.717, 1.165) is 12.2 Å². The van der Waals surface area contributed by atoms with Crippen LogP contribution in [0.15, 0.2) is 60.2 Å². The molecule has 0 spiro atoms. The Kier molecular flexibility index (Phi) is 10.7. The van der Waals surface area contributed by atoms with E-state index in [1.54, 1.807) is 7.11 Å². The molecule has 0 unspecified atom stereocenters. The predicted molar refractivity (Wildman–Crippen MR) is 154 cm³/mol. The van der Waals surface area contributed by atoms with Crippen LogP contribution in [0.25, 0.3) is 21.9 Å². The normalized spacial score (nSPS) is 13.2. The third kappa shape index (κ3) is 7.38. The van der Waals surface area contributed by atoms with Crippen molar-refractivity contribution in [3.8, 4) is 16.9 Å². The number of rotatable bonds is 5. The molecule has 1 aliphatic carbocycles. The summed E-state index contributed by atoms with van der Waals surface area (Å²) >= 11 is 0. The summed E-state index contributed by atoms with van der Waals surface area (Å²) in [6.45, 7) is 17.9. The van der Waals surface area contributed by atoms with Crippen molar-refractivity contribution in [1.29, 1.82) is 0 Å². The minimum absolute atomic E-state index is 0. The molecule has 3 aromatic carbocycles. The molecule has 0 fully saturated rings. The van der Waals surface area contributed by atoms with Gasteiger partial charge in [0.1, 0.15) is 5.75 Å². The minimum atomic E-state index is 0. The van der Waals surface area contributed by atoms with Crippen molar-refractivity contribution in [2.45, 2.75) is 91.9 Å². The molecule has 190 valence electrons. The maximum atomic E-state index is 5.91. The van der Waals surface area contributed by atoms with E-state index < -0.39 is 0 Å². The van der Waals surface area contributed by atoms with Gasteiger partial charge < -0.3 is 4.74 Å². The summed E-state index contributed by atoms with van der Waals surface area (Å²) in [7, 11) is 1.79. The molecule has 0 bridgehead atoms. The third-order valence-corrected chi connectivity index (χ3v) is 6.68. The van der Waals surface area contributed by atoms with Crippen LogP contribution in [-0.2, 0) is 37.0 Å². The van der Waals surface area contributed by atoms with E-state index in [1.165, 1.54) is 63.4 Å². The predicted octanol–water partition coefficient (Wildman–Crippen LogP) is 10.0. The molecular weight excluding hydrogens is 516 g/mol. The largest absolute Gasteiger partial charge is 2.00 e. The summed E-state index contributed by atoms with van der Waals surface area (Å²) in [5, 5.41) is 2.64. The van der Waals surface area contributed by atoms with Crippen LogP contribution in [0.4, 0.5) is 0 Å². The Morgan fingerprint density at radius 1 is 0.972 bits per heavy atom. The van der Waals surface area contributed by atoms with Crippen LogP contribution in [0.5, 0.6) is 5.75 Å². The monoisotopic (exact) mass is 558 g/mol. The van der Waals surface area contributed by atoms with Crippen molar-refractivity contribution in [2.24, 2.45) is 0 Å². The molecule has 0 N–H and O–H groups in total. The molecule has 0 saturated carbocycles. The molecule has 0 radical (unpaired) electrons. The molecular formula is C34H44OZr. The van der Waals surface area contributed by atoms with Gasteiger partial charge in [-0.3, -0.25) is 6.08 Å². The topological polar surface area (TPSA) is 9.23 Å². The zero-order chi connectivity index (χ0) is 25.8. The van der Waals surface area contributed by atoms with Crippen LogP contribution >= 0.6 is 0 Å². The quantitative estimate of drug-likeness (QED) is 0.283. The Hall–Kier alpha value is -1.79. The zero-order valence-electron chi connectivity index (χ0n) is 23.9. The van der Waals surface area contributed by atoms with Gasteiger partial charge in [0.05, 0.1) is 7.11 Å². The summed E-state index contributed by atoms with van der Waals surface area (Å²) in [5.74, 6) is 1.03. The van der Waals surface area contributed by atoms with Crippen molar-refractivity contribution in [2.75, 3.05) is 7.11 Å². The van der Waals surface area contributed by atoms with Crippen LogP contribution < -0.4 is 4.74 Å². The number of hydrogen-bond acceptors (Lipinski definition) is 1. The summed E-state index contributed by atoms with van der Waals surface area (Å²) in [4.78, 5) is 0. The first-order chi connectivity index (χ1) is 16.5. The van der Waals surface area contributed by atoms with Gasteiger partial charge in [0, 0.05) is 11.1 Å². The second kappa shape index (κ2) is 12.6. The zero-order valence-corrected chi connectivity index (χ0v) is 26.4. The molecule has 4 rings (SSSR count).